The summed E-state index contributed by atoms with van der Waals surface area (Å²) in [6.45, 7) is 1.60. The quantitative estimate of drug-likeness (QED) is 0.766. The number of methoxy groups -OCH3 is 1. The molecule has 0 spiro atoms. The van der Waals surface area contributed by atoms with Gasteiger partial charge in [-0.2, -0.15) is 0 Å². The van der Waals surface area contributed by atoms with Crippen LogP contribution < -0.4 is 0 Å². The van der Waals surface area contributed by atoms with E-state index < -0.39 is 0 Å². The molecule has 0 aliphatic carbocycles. The van der Waals surface area contributed by atoms with Gasteiger partial charge in [0.1, 0.15) is 6.61 Å². The second-order valence-electron chi connectivity index (χ2n) is 5.20. The number of hydrogen-bond acceptors (Lipinski definition) is 4. The summed E-state index contributed by atoms with van der Waals surface area (Å²) in [6.07, 6.45) is 2.41. The van der Waals surface area contributed by atoms with Crippen molar-refractivity contribution >= 4 is 17.0 Å². The van der Waals surface area contributed by atoms with Crippen molar-refractivity contribution in [1.29, 1.82) is 0 Å². The lowest BCUT2D eigenvalue weighted by atomic mass is 10.1. The normalized spacial score (nSPS) is 11.2. The molecule has 1 aromatic heterocycles. The van der Waals surface area contributed by atoms with Gasteiger partial charge in [-0.15, -0.1) is 0 Å². The SMILES string of the molecule is COCCOC(=O)n1cc(CCN(C)C)c2ccccc21. The number of para-hydroxylation sites is 1. The van der Waals surface area contributed by atoms with Gasteiger partial charge >= 0.3 is 6.09 Å². The maximum Gasteiger partial charge on any atom is 0.418 e. The van der Waals surface area contributed by atoms with Crippen molar-refractivity contribution in [3.05, 3.63) is 36.0 Å². The zero-order valence-electron chi connectivity index (χ0n) is 12.8. The fourth-order valence-electron chi connectivity index (χ4n) is 2.23. The summed E-state index contributed by atoms with van der Waals surface area (Å²) >= 11 is 0. The van der Waals surface area contributed by atoms with Crippen LogP contribution in [0.5, 0.6) is 0 Å². The highest BCUT2D eigenvalue weighted by Gasteiger charge is 2.14. The lowest BCUT2D eigenvalue weighted by Gasteiger charge is -2.07. The van der Waals surface area contributed by atoms with Gasteiger partial charge in [-0.1, -0.05) is 18.2 Å². The van der Waals surface area contributed by atoms with Gasteiger partial charge in [0.2, 0.25) is 0 Å². The van der Waals surface area contributed by atoms with Crippen molar-refractivity contribution in [1.82, 2.24) is 9.47 Å². The minimum absolute atomic E-state index is 0.259. The fourth-order valence-corrected chi connectivity index (χ4v) is 2.23. The largest absolute Gasteiger partial charge is 0.446 e. The highest BCUT2D eigenvalue weighted by Crippen LogP contribution is 2.22. The number of carbonyl (C=O) groups excluding carboxylic acids is 1. The first-order valence-electron chi connectivity index (χ1n) is 7.03. The molecule has 2 aromatic rings. The van der Waals surface area contributed by atoms with Gasteiger partial charge in [-0.25, -0.2) is 4.79 Å². The van der Waals surface area contributed by atoms with Crippen molar-refractivity contribution in [2.24, 2.45) is 0 Å². The lowest BCUT2D eigenvalue weighted by molar-refractivity contribution is 0.100. The molecule has 0 atom stereocenters. The third-order valence-corrected chi connectivity index (χ3v) is 3.33. The summed E-state index contributed by atoms with van der Waals surface area (Å²) < 4.78 is 11.7. The van der Waals surface area contributed by atoms with E-state index in [2.05, 4.69) is 4.90 Å². The van der Waals surface area contributed by atoms with Crippen LogP contribution in [0.3, 0.4) is 0 Å². The topological polar surface area (TPSA) is 43.7 Å². The Morgan fingerprint density at radius 1 is 1.24 bits per heavy atom. The minimum atomic E-state index is -0.362. The molecule has 0 aliphatic heterocycles. The Balaban J connectivity index is 2.24. The fraction of sp³-hybridized carbons (Fsp3) is 0.438. The number of hydrogen-bond donors (Lipinski definition) is 0. The minimum Gasteiger partial charge on any atom is -0.446 e. The van der Waals surface area contributed by atoms with Gasteiger partial charge in [0.05, 0.1) is 12.1 Å². The van der Waals surface area contributed by atoms with E-state index >= 15 is 0 Å². The standard InChI is InChI=1S/C16H22N2O3/c1-17(2)9-8-13-12-18(16(19)21-11-10-20-3)15-7-5-4-6-14(13)15/h4-7,12H,8-11H2,1-3H3. The highest BCUT2D eigenvalue weighted by molar-refractivity contribution is 5.91. The molecule has 0 radical (unpaired) electrons. The third-order valence-electron chi connectivity index (χ3n) is 3.33. The summed E-state index contributed by atoms with van der Waals surface area (Å²) in [4.78, 5) is 14.3. The van der Waals surface area contributed by atoms with Crippen LogP contribution in [0.15, 0.2) is 30.5 Å². The Bertz CT molecular complexity index is 605. The van der Waals surface area contributed by atoms with Crippen LogP contribution in [-0.2, 0) is 15.9 Å². The number of nitrogens with zero attached hydrogens (tertiary/aromatic N) is 2. The summed E-state index contributed by atoms with van der Waals surface area (Å²) in [7, 11) is 5.66. The van der Waals surface area contributed by atoms with Crippen LogP contribution in [0.25, 0.3) is 10.9 Å². The molecule has 21 heavy (non-hydrogen) atoms. The Kier molecular flexibility index (Phi) is 5.36. The average molecular weight is 290 g/mol. The molecular formula is C16H22N2O3. The van der Waals surface area contributed by atoms with E-state index in [9.17, 15) is 4.79 Å². The van der Waals surface area contributed by atoms with Crippen molar-refractivity contribution in [3.63, 3.8) is 0 Å². The lowest BCUT2D eigenvalue weighted by Crippen LogP contribution is -2.16. The maximum atomic E-state index is 12.2. The first-order valence-corrected chi connectivity index (χ1v) is 7.03. The second-order valence-corrected chi connectivity index (χ2v) is 5.20. The molecule has 0 N–H and O–H groups in total. The number of likely N-dealkylation sites (N-methyl/N-ethyl adjacent to an activating group) is 1. The Hall–Kier alpha value is -1.85. The smallest absolute Gasteiger partial charge is 0.418 e. The van der Waals surface area contributed by atoms with Crippen LogP contribution in [0.2, 0.25) is 0 Å². The summed E-state index contributed by atoms with van der Waals surface area (Å²) in [6, 6.07) is 7.89. The molecule has 0 fully saturated rings. The van der Waals surface area contributed by atoms with Crippen molar-refractivity contribution in [2.75, 3.05) is 41.0 Å². The Morgan fingerprint density at radius 2 is 2.00 bits per heavy atom. The maximum absolute atomic E-state index is 12.2. The molecule has 5 nitrogen and oxygen atoms in total. The van der Waals surface area contributed by atoms with E-state index in [1.54, 1.807) is 11.7 Å². The number of aromatic nitrogens is 1. The van der Waals surface area contributed by atoms with E-state index in [1.807, 2.05) is 44.6 Å². The van der Waals surface area contributed by atoms with Gasteiger partial charge in [-0.05, 0) is 32.1 Å². The first kappa shape index (κ1) is 15.5. The third kappa shape index (κ3) is 3.83. The van der Waals surface area contributed by atoms with E-state index in [0.717, 1.165) is 29.4 Å². The van der Waals surface area contributed by atoms with Gasteiger partial charge < -0.3 is 14.4 Å². The number of fused-ring (bicyclic) bond motifs is 1. The first-order chi connectivity index (χ1) is 10.1. The van der Waals surface area contributed by atoms with E-state index in [-0.39, 0.29) is 12.7 Å². The zero-order chi connectivity index (χ0) is 15.2. The van der Waals surface area contributed by atoms with Gasteiger partial charge in [0, 0.05) is 25.2 Å². The van der Waals surface area contributed by atoms with Gasteiger partial charge in [0.15, 0.2) is 0 Å². The predicted molar refractivity (Wildman–Crippen MR) is 82.8 cm³/mol. The van der Waals surface area contributed by atoms with Crippen molar-refractivity contribution in [2.45, 2.75) is 6.42 Å². The average Bonchev–Trinajstić information content (AvgIpc) is 2.84. The molecule has 0 saturated heterocycles. The van der Waals surface area contributed by atoms with Crippen molar-refractivity contribution in [3.8, 4) is 0 Å². The van der Waals surface area contributed by atoms with E-state index in [4.69, 9.17) is 9.47 Å². The van der Waals surface area contributed by atoms with Crippen LogP contribution in [0.1, 0.15) is 5.56 Å². The number of carbonyl (C=O) groups is 1. The van der Waals surface area contributed by atoms with Crippen LogP contribution >= 0.6 is 0 Å². The zero-order valence-corrected chi connectivity index (χ0v) is 12.8. The molecule has 5 heteroatoms. The molecule has 0 saturated carbocycles. The Labute approximate surface area is 125 Å². The summed E-state index contributed by atoms with van der Waals surface area (Å²) in [5, 5.41) is 1.10. The predicted octanol–water partition coefficient (Wildman–Crippen LogP) is 2.38. The van der Waals surface area contributed by atoms with Gasteiger partial charge in [-0.3, -0.25) is 4.57 Å². The molecule has 114 valence electrons. The molecule has 0 bridgehead atoms. The summed E-state index contributed by atoms with van der Waals surface area (Å²) in [5.74, 6) is 0. The highest BCUT2D eigenvalue weighted by atomic mass is 16.6. The molecular weight excluding hydrogens is 268 g/mol. The number of rotatable bonds is 6. The molecule has 1 aromatic carbocycles. The molecule has 0 unspecified atom stereocenters. The van der Waals surface area contributed by atoms with Crippen LogP contribution in [0.4, 0.5) is 4.79 Å². The number of ether oxygens (including phenoxy) is 2. The molecule has 2 rings (SSSR count). The monoisotopic (exact) mass is 290 g/mol. The van der Waals surface area contributed by atoms with Crippen LogP contribution in [-0.4, -0.2) is 56.5 Å². The van der Waals surface area contributed by atoms with E-state index in [0.29, 0.717) is 6.61 Å². The second kappa shape index (κ2) is 7.24. The van der Waals surface area contributed by atoms with Gasteiger partial charge in [0.25, 0.3) is 0 Å². The molecule has 1 heterocycles. The molecule has 0 amide bonds. The summed E-state index contributed by atoms with van der Waals surface area (Å²) in [5.41, 5.74) is 2.04. The molecule has 0 aliphatic rings. The number of benzene rings is 1. The van der Waals surface area contributed by atoms with Crippen LogP contribution in [0, 0.1) is 0 Å². The van der Waals surface area contributed by atoms with E-state index in [1.165, 1.54) is 0 Å². The van der Waals surface area contributed by atoms with Crippen molar-refractivity contribution < 1.29 is 14.3 Å². The Morgan fingerprint density at radius 3 is 2.71 bits per heavy atom.